The van der Waals surface area contributed by atoms with E-state index < -0.39 is 23.7 Å². The fourth-order valence-corrected chi connectivity index (χ4v) is 4.62. The van der Waals surface area contributed by atoms with Crippen LogP contribution in [0.5, 0.6) is 5.75 Å². The van der Waals surface area contributed by atoms with E-state index in [1.807, 2.05) is 6.08 Å². The van der Waals surface area contributed by atoms with Gasteiger partial charge in [-0.05, 0) is 67.6 Å². The predicted octanol–water partition coefficient (Wildman–Crippen LogP) is 7.28. The molecule has 1 nitrogen and oxygen atoms in total. The molecule has 0 radical (unpaired) electrons. The number of alkyl halides is 3. The largest absolute Gasteiger partial charge is 0.573 e. The summed E-state index contributed by atoms with van der Waals surface area (Å²) in [6.45, 7) is 2.20. The second kappa shape index (κ2) is 8.83. The van der Waals surface area contributed by atoms with E-state index in [1.165, 1.54) is 44.1 Å². The summed E-state index contributed by atoms with van der Waals surface area (Å²) in [5.74, 6) is -2.70. The van der Waals surface area contributed by atoms with Crippen molar-refractivity contribution >= 4 is 0 Å². The van der Waals surface area contributed by atoms with Crippen LogP contribution in [-0.4, -0.2) is 6.36 Å². The smallest absolute Gasteiger partial charge is 0.399 e. The number of unbranched alkanes of at least 4 members (excludes halogenated alkanes) is 2. The second-order valence-electron chi connectivity index (χ2n) is 8.06. The minimum atomic E-state index is -5.12. The molecule has 0 unspecified atom stereocenters. The first kappa shape index (κ1) is 21.1. The summed E-state index contributed by atoms with van der Waals surface area (Å²) in [6, 6.07) is 1.00. The minimum absolute atomic E-state index is 0.109. The minimum Gasteiger partial charge on any atom is -0.399 e. The first-order chi connectivity index (χ1) is 13.3. The van der Waals surface area contributed by atoms with Crippen molar-refractivity contribution < 1.29 is 26.7 Å². The zero-order chi connectivity index (χ0) is 20.3. The molecule has 1 aromatic carbocycles. The summed E-state index contributed by atoms with van der Waals surface area (Å²) in [5.41, 5.74) is 1.72. The Morgan fingerprint density at radius 1 is 1.07 bits per heavy atom. The van der Waals surface area contributed by atoms with Crippen LogP contribution in [0.1, 0.15) is 69.4 Å². The van der Waals surface area contributed by atoms with Gasteiger partial charge in [0.1, 0.15) is 0 Å². The molecule has 6 heteroatoms. The number of hydrogen-bond donors (Lipinski definition) is 0. The van der Waals surface area contributed by atoms with Crippen LogP contribution >= 0.6 is 0 Å². The summed E-state index contributed by atoms with van der Waals surface area (Å²) in [7, 11) is 0. The monoisotopic (exact) mass is 402 g/mol. The number of benzene rings is 1. The van der Waals surface area contributed by atoms with Crippen molar-refractivity contribution in [3.8, 4) is 5.75 Å². The highest BCUT2D eigenvalue weighted by Crippen LogP contribution is 2.40. The molecule has 2 aliphatic rings. The molecule has 1 fully saturated rings. The lowest BCUT2D eigenvalue weighted by Gasteiger charge is -2.32. The first-order valence-corrected chi connectivity index (χ1v) is 10.2. The molecule has 2 aliphatic carbocycles. The lowest BCUT2D eigenvalue weighted by molar-refractivity contribution is -0.276. The Hall–Kier alpha value is -1.59. The maximum absolute atomic E-state index is 14.4. The van der Waals surface area contributed by atoms with Crippen LogP contribution in [0.2, 0.25) is 0 Å². The molecule has 0 amide bonds. The van der Waals surface area contributed by atoms with E-state index in [1.54, 1.807) is 0 Å². The molecule has 0 saturated heterocycles. The van der Waals surface area contributed by atoms with E-state index in [-0.39, 0.29) is 12.0 Å². The maximum Gasteiger partial charge on any atom is 0.573 e. The zero-order valence-electron chi connectivity index (χ0n) is 16.2. The third-order valence-corrected chi connectivity index (χ3v) is 6.14. The van der Waals surface area contributed by atoms with Crippen molar-refractivity contribution in [3.05, 3.63) is 40.5 Å². The van der Waals surface area contributed by atoms with E-state index >= 15 is 0 Å². The summed E-state index contributed by atoms with van der Waals surface area (Å²) in [5, 5.41) is 0. The molecule has 0 heterocycles. The fourth-order valence-electron chi connectivity index (χ4n) is 4.62. The van der Waals surface area contributed by atoms with Crippen molar-refractivity contribution in [1.82, 2.24) is 0 Å². The Bertz CT molecular complexity index is 715. The normalized spacial score (nSPS) is 22.6. The van der Waals surface area contributed by atoms with Crippen molar-refractivity contribution in [2.45, 2.75) is 77.5 Å². The van der Waals surface area contributed by atoms with Crippen LogP contribution in [-0.2, 0) is 12.8 Å². The average Bonchev–Trinajstić information content (AvgIpc) is 2.65. The van der Waals surface area contributed by atoms with Crippen molar-refractivity contribution in [3.63, 3.8) is 0 Å². The Labute approximate surface area is 163 Å². The lowest BCUT2D eigenvalue weighted by Crippen LogP contribution is -2.22. The van der Waals surface area contributed by atoms with E-state index in [0.717, 1.165) is 24.8 Å². The van der Waals surface area contributed by atoms with E-state index in [0.29, 0.717) is 17.9 Å². The molecular formula is C22H27F5O. The van der Waals surface area contributed by atoms with E-state index in [9.17, 15) is 22.0 Å². The summed E-state index contributed by atoms with van der Waals surface area (Å²) in [4.78, 5) is 0. The number of hydrogen-bond acceptors (Lipinski definition) is 1. The zero-order valence-corrected chi connectivity index (χ0v) is 16.2. The van der Waals surface area contributed by atoms with Gasteiger partial charge in [-0.2, -0.15) is 0 Å². The van der Waals surface area contributed by atoms with Crippen molar-refractivity contribution in [1.29, 1.82) is 0 Å². The molecule has 0 N–H and O–H groups in total. The Morgan fingerprint density at radius 2 is 1.79 bits per heavy atom. The third-order valence-electron chi connectivity index (χ3n) is 6.14. The number of allylic oxidation sites excluding steroid dienone is 2. The van der Waals surface area contributed by atoms with Crippen LogP contribution in [0.25, 0.3) is 0 Å². The second-order valence-corrected chi connectivity index (χ2v) is 8.06. The maximum atomic E-state index is 14.4. The molecule has 0 bridgehead atoms. The number of halogens is 5. The summed E-state index contributed by atoms with van der Waals surface area (Å²) < 4.78 is 69.2. The van der Waals surface area contributed by atoms with Gasteiger partial charge in [0.25, 0.3) is 0 Å². The highest BCUT2D eigenvalue weighted by atomic mass is 19.4. The molecule has 0 aromatic heterocycles. The topological polar surface area (TPSA) is 9.23 Å². The van der Waals surface area contributed by atoms with Gasteiger partial charge in [0.2, 0.25) is 5.75 Å². The van der Waals surface area contributed by atoms with Crippen LogP contribution in [0.4, 0.5) is 22.0 Å². The molecular weight excluding hydrogens is 375 g/mol. The van der Waals surface area contributed by atoms with Gasteiger partial charge >= 0.3 is 6.36 Å². The Morgan fingerprint density at radius 3 is 2.43 bits per heavy atom. The van der Waals surface area contributed by atoms with Crippen LogP contribution in [0.3, 0.4) is 0 Å². The molecule has 28 heavy (non-hydrogen) atoms. The van der Waals surface area contributed by atoms with E-state index in [4.69, 9.17) is 0 Å². The summed E-state index contributed by atoms with van der Waals surface area (Å²) >= 11 is 0. The molecule has 0 aliphatic heterocycles. The molecule has 0 spiro atoms. The van der Waals surface area contributed by atoms with Gasteiger partial charge in [-0.15, -0.1) is 13.2 Å². The van der Waals surface area contributed by atoms with Gasteiger partial charge in [-0.1, -0.05) is 44.3 Å². The quantitative estimate of drug-likeness (QED) is 0.276. The lowest BCUT2D eigenvalue weighted by atomic mass is 9.74. The molecule has 156 valence electrons. The molecule has 0 atom stereocenters. The number of rotatable bonds is 6. The van der Waals surface area contributed by atoms with Gasteiger partial charge in [0.15, 0.2) is 11.6 Å². The number of fused-ring (bicyclic) bond motifs is 1. The third kappa shape index (κ3) is 5.06. The fraction of sp³-hybridized carbons (Fsp3) is 0.636. The highest BCUT2D eigenvalue weighted by molar-refractivity contribution is 5.45. The SMILES string of the molecule is CCCCCC1CCC(C2=CCc3c(cc(F)c(OC(F)(F)F)c3F)C2)CC1. The first-order valence-electron chi connectivity index (χ1n) is 10.2. The van der Waals surface area contributed by atoms with Gasteiger partial charge in [-0.25, -0.2) is 8.78 Å². The predicted molar refractivity (Wildman–Crippen MR) is 98.1 cm³/mol. The molecule has 3 rings (SSSR count). The Balaban J connectivity index is 1.65. The molecule has 1 aromatic rings. The summed E-state index contributed by atoms with van der Waals surface area (Å²) in [6.07, 6.45) is 6.97. The van der Waals surface area contributed by atoms with Gasteiger partial charge < -0.3 is 4.74 Å². The van der Waals surface area contributed by atoms with E-state index in [2.05, 4.69) is 11.7 Å². The average molecular weight is 402 g/mol. The van der Waals surface area contributed by atoms with Gasteiger partial charge in [0, 0.05) is 0 Å². The van der Waals surface area contributed by atoms with Crippen LogP contribution < -0.4 is 4.74 Å². The molecule has 1 saturated carbocycles. The number of ether oxygens (including phenoxy) is 1. The standard InChI is InChI=1S/C22H27F5O/c1-2-3-4-5-14-6-8-15(9-7-14)16-10-11-18-17(12-16)13-19(23)21(20(18)24)28-22(25,26)27/h10,13-15H,2-9,11-12H2,1H3. The highest BCUT2D eigenvalue weighted by Gasteiger charge is 2.36. The Kier molecular flexibility index (Phi) is 6.66. The van der Waals surface area contributed by atoms with Gasteiger partial charge in [-0.3, -0.25) is 0 Å². The van der Waals surface area contributed by atoms with Gasteiger partial charge in [0.05, 0.1) is 0 Å². The van der Waals surface area contributed by atoms with Crippen molar-refractivity contribution in [2.75, 3.05) is 0 Å². The van der Waals surface area contributed by atoms with Crippen LogP contribution in [0, 0.1) is 23.5 Å². The van der Waals surface area contributed by atoms with Crippen molar-refractivity contribution in [2.24, 2.45) is 11.8 Å². The van der Waals surface area contributed by atoms with Crippen LogP contribution in [0.15, 0.2) is 17.7 Å².